The minimum Gasteiger partial charge on any atom is -0.489 e. The van der Waals surface area contributed by atoms with Crippen LogP contribution in [0.25, 0.3) is 10.2 Å². The lowest BCUT2D eigenvalue weighted by Gasteiger charge is -2.16. The highest BCUT2D eigenvalue weighted by Crippen LogP contribution is 2.22. The van der Waals surface area contributed by atoms with E-state index in [0.29, 0.717) is 18.9 Å². The zero-order valence-electron chi connectivity index (χ0n) is 16.7. The molecule has 152 valence electrons. The van der Waals surface area contributed by atoms with Crippen LogP contribution in [-0.4, -0.2) is 29.4 Å². The maximum atomic E-state index is 12.4. The molecule has 0 saturated heterocycles. The molecule has 0 atom stereocenters. The normalized spacial score (nSPS) is 10.7. The van der Waals surface area contributed by atoms with Gasteiger partial charge in [0.2, 0.25) is 0 Å². The number of ether oxygens (including phenoxy) is 2. The van der Waals surface area contributed by atoms with Gasteiger partial charge in [-0.25, -0.2) is 4.98 Å². The Morgan fingerprint density at radius 1 is 0.900 bits per heavy atom. The first-order valence-electron chi connectivity index (χ1n) is 9.65. The number of para-hydroxylation sites is 1. The standard InChI is InChI=1S/C24H22N2O3S/c1-26(15-23-25-21-9-5-6-10-22(21)30-23)24(27)17-29-20-13-11-19(12-14-20)28-16-18-7-3-2-4-8-18/h2-14H,15-17H2,1H3. The minimum absolute atomic E-state index is 0.0222. The van der Waals surface area contributed by atoms with Gasteiger partial charge in [-0.15, -0.1) is 11.3 Å². The lowest BCUT2D eigenvalue weighted by Crippen LogP contribution is -2.30. The molecule has 0 aliphatic carbocycles. The monoisotopic (exact) mass is 418 g/mol. The number of aromatic nitrogens is 1. The van der Waals surface area contributed by atoms with E-state index in [2.05, 4.69) is 4.98 Å². The Hall–Kier alpha value is -3.38. The molecule has 0 saturated carbocycles. The second-order valence-electron chi connectivity index (χ2n) is 6.86. The van der Waals surface area contributed by atoms with Crippen molar-refractivity contribution in [2.24, 2.45) is 0 Å². The van der Waals surface area contributed by atoms with E-state index >= 15 is 0 Å². The number of likely N-dealkylation sites (N-methyl/N-ethyl adjacent to an activating group) is 1. The molecule has 0 unspecified atom stereocenters. The third kappa shape index (κ3) is 5.15. The number of amides is 1. The maximum Gasteiger partial charge on any atom is 0.260 e. The van der Waals surface area contributed by atoms with Crippen LogP contribution in [0, 0.1) is 0 Å². The summed E-state index contributed by atoms with van der Waals surface area (Å²) in [4.78, 5) is 18.6. The van der Waals surface area contributed by atoms with E-state index in [0.717, 1.165) is 26.5 Å². The van der Waals surface area contributed by atoms with Gasteiger partial charge < -0.3 is 14.4 Å². The zero-order valence-corrected chi connectivity index (χ0v) is 17.5. The highest BCUT2D eigenvalue weighted by molar-refractivity contribution is 7.18. The SMILES string of the molecule is CN(Cc1nc2ccccc2s1)C(=O)COc1ccc(OCc2ccccc2)cc1. The van der Waals surface area contributed by atoms with E-state index in [9.17, 15) is 4.79 Å². The Kier molecular flexibility index (Phi) is 6.25. The number of carbonyl (C=O) groups excluding carboxylic acids is 1. The Morgan fingerprint density at radius 3 is 2.30 bits per heavy atom. The summed E-state index contributed by atoms with van der Waals surface area (Å²) < 4.78 is 12.5. The van der Waals surface area contributed by atoms with E-state index in [1.165, 1.54) is 0 Å². The predicted molar refractivity (Wildman–Crippen MR) is 119 cm³/mol. The molecule has 0 fully saturated rings. The summed E-state index contributed by atoms with van der Waals surface area (Å²) in [5.74, 6) is 1.29. The molecule has 4 aromatic rings. The fraction of sp³-hybridized carbons (Fsp3) is 0.167. The molecule has 1 heterocycles. The van der Waals surface area contributed by atoms with Crippen molar-refractivity contribution in [3.8, 4) is 11.5 Å². The van der Waals surface area contributed by atoms with Gasteiger partial charge in [-0.05, 0) is 42.0 Å². The molecule has 0 aliphatic heterocycles. The quantitative estimate of drug-likeness (QED) is 0.408. The van der Waals surface area contributed by atoms with Gasteiger partial charge in [-0.2, -0.15) is 0 Å². The summed E-state index contributed by atoms with van der Waals surface area (Å²) in [7, 11) is 1.76. The first kappa shape index (κ1) is 19.9. The molecular formula is C24H22N2O3S. The molecule has 0 spiro atoms. The zero-order chi connectivity index (χ0) is 20.8. The summed E-state index contributed by atoms with van der Waals surface area (Å²) in [6.45, 7) is 0.954. The number of hydrogen-bond donors (Lipinski definition) is 0. The Balaban J connectivity index is 1.25. The lowest BCUT2D eigenvalue weighted by atomic mass is 10.2. The van der Waals surface area contributed by atoms with Crippen LogP contribution in [0.2, 0.25) is 0 Å². The number of rotatable bonds is 8. The number of carbonyl (C=O) groups is 1. The summed E-state index contributed by atoms with van der Waals surface area (Å²) in [6, 6.07) is 25.3. The number of thiazole rings is 1. The van der Waals surface area contributed by atoms with E-state index in [1.807, 2.05) is 66.7 Å². The predicted octanol–water partition coefficient (Wildman–Crippen LogP) is 4.91. The highest BCUT2D eigenvalue weighted by Gasteiger charge is 2.13. The average Bonchev–Trinajstić information content (AvgIpc) is 3.19. The molecule has 1 aromatic heterocycles. The van der Waals surface area contributed by atoms with E-state index in [4.69, 9.17) is 9.47 Å². The summed E-state index contributed by atoms with van der Waals surface area (Å²) in [5, 5.41) is 0.909. The van der Waals surface area contributed by atoms with Crippen LogP contribution < -0.4 is 9.47 Å². The summed E-state index contributed by atoms with van der Waals surface area (Å²) in [5.41, 5.74) is 2.07. The number of benzene rings is 3. The molecule has 0 radical (unpaired) electrons. The van der Waals surface area contributed by atoms with E-state index in [1.54, 1.807) is 35.4 Å². The molecule has 30 heavy (non-hydrogen) atoms. The van der Waals surface area contributed by atoms with Crippen LogP contribution in [-0.2, 0) is 17.9 Å². The molecule has 0 N–H and O–H groups in total. The smallest absolute Gasteiger partial charge is 0.260 e. The van der Waals surface area contributed by atoms with Crippen molar-refractivity contribution in [2.75, 3.05) is 13.7 Å². The van der Waals surface area contributed by atoms with Crippen molar-refractivity contribution >= 4 is 27.5 Å². The highest BCUT2D eigenvalue weighted by atomic mass is 32.1. The number of nitrogens with zero attached hydrogens (tertiary/aromatic N) is 2. The van der Waals surface area contributed by atoms with Crippen molar-refractivity contribution < 1.29 is 14.3 Å². The van der Waals surface area contributed by atoms with Crippen LogP contribution in [0.5, 0.6) is 11.5 Å². The molecule has 3 aromatic carbocycles. The molecular weight excluding hydrogens is 396 g/mol. The van der Waals surface area contributed by atoms with Crippen LogP contribution in [0.3, 0.4) is 0 Å². The van der Waals surface area contributed by atoms with Gasteiger partial charge in [-0.3, -0.25) is 4.79 Å². The number of fused-ring (bicyclic) bond motifs is 1. The number of hydrogen-bond acceptors (Lipinski definition) is 5. The molecule has 5 nitrogen and oxygen atoms in total. The van der Waals surface area contributed by atoms with Gasteiger partial charge in [0, 0.05) is 7.05 Å². The van der Waals surface area contributed by atoms with Crippen LogP contribution in [0.1, 0.15) is 10.6 Å². The fourth-order valence-electron chi connectivity index (χ4n) is 2.91. The van der Waals surface area contributed by atoms with Gasteiger partial charge in [0.05, 0.1) is 16.8 Å². The Morgan fingerprint density at radius 2 is 1.57 bits per heavy atom. The minimum atomic E-state index is -0.0985. The van der Waals surface area contributed by atoms with Gasteiger partial charge in [0.25, 0.3) is 5.91 Å². The van der Waals surface area contributed by atoms with Crippen LogP contribution in [0.4, 0.5) is 0 Å². The van der Waals surface area contributed by atoms with Crippen LogP contribution in [0.15, 0.2) is 78.9 Å². The molecule has 6 heteroatoms. The van der Waals surface area contributed by atoms with E-state index in [-0.39, 0.29) is 12.5 Å². The third-order valence-electron chi connectivity index (χ3n) is 4.57. The second kappa shape index (κ2) is 9.41. The van der Waals surface area contributed by atoms with Gasteiger partial charge in [-0.1, -0.05) is 42.5 Å². The second-order valence-corrected chi connectivity index (χ2v) is 7.97. The summed E-state index contributed by atoms with van der Waals surface area (Å²) in [6.07, 6.45) is 0. The lowest BCUT2D eigenvalue weighted by molar-refractivity contribution is -0.132. The third-order valence-corrected chi connectivity index (χ3v) is 5.59. The topological polar surface area (TPSA) is 51.7 Å². The van der Waals surface area contributed by atoms with Crippen molar-refractivity contribution in [1.29, 1.82) is 0 Å². The first-order chi connectivity index (χ1) is 14.7. The molecule has 4 rings (SSSR count). The largest absolute Gasteiger partial charge is 0.489 e. The maximum absolute atomic E-state index is 12.4. The van der Waals surface area contributed by atoms with Crippen LogP contribution >= 0.6 is 11.3 Å². The van der Waals surface area contributed by atoms with Crippen molar-refractivity contribution in [3.63, 3.8) is 0 Å². The first-order valence-corrected chi connectivity index (χ1v) is 10.5. The van der Waals surface area contributed by atoms with Crippen molar-refractivity contribution in [2.45, 2.75) is 13.2 Å². The fourth-order valence-corrected chi connectivity index (χ4v) is 3.93. The molecule has 0 aliphatic rings. The molecule has 1 amide bonds. The van der Waals surface area contributed by atoms with Gasteiger partial charge >= 0.3 is 0 Å². The average molecular weight is 419 g/mol. The Labute approximate surface area is 179 Å². The van der Waals surface area contributed by atoms with Gasteiger partial charge in [0.15, 0.2) is 6.61 Å². The molecule has 0 bridgehead atoms. The van der Waals surface area contributed by atoms with Crippen molar-refractivity contribution in [3.05, 3.63) is 89.4 Å². The Bertz CT molecular complexity index is 1080. The van der Waals surface area contributed by atoms with E-state index < -0.39 is 0 Å². The van der Waals surface area contributed by atoms with Gasteiger partial charge in [0.1, 0.15) is 23.1 Å². The summed E-state index contributed by atoms with van der Waals surface area (Å²) >= 11 is 1.60. The van der Waals surface area contributed by atoms with Crippen molar-refractivity contribution in [1.82, 2.24) is 9.88 Å².